The maximum absolute atomic E-state index is 13.2. The molecule has 8 nitrogen and oxygen atoms in total. The lowest BCUT2D eigenvalue weighted by Gasteiger charge is -2.10. The number of nitrogens with one attached hydrogen (secondary N) is 2. The highest BCUT2D eigenvalue weighted by Gasteiger charge is 2.43. The van der Waals surface area contributed by atoms with E-state index in [4.69, 9.17) is 9.15 Å². The van der Waals surface area contributed by atoms with Gasteiger partial charge >= 0.3 is 0 Å². The molecule has 1 amide bonds. The Morgan fingerprint density at radius 1 is 1.23 bits per heavy atom. The van der Waals surface area contributed by atoms with Crippen molar-refractivity contribution in [1.29, 1.82) is 0 Å². The molecule has 0 bridgehead atoms. The SMILES string of the molecule is CNc1ncc(-c2nc3cc(OC)ccc3o2)c2cc(NC(=O)[C@H]3C[C@@H]3F)ncc12. The Kier molecular flexibility index (Phi) is 4.23. The van der Waals surface area contributed by atoms with Gasteiger partial charge < -0.3 is 19.8 Å². The fourth-order valence-electron chi connectivity index (χ4n) is 3.38. The van der Waals surface area contributed by atoms with Crippen LogP contribution < -0.4 is 15.4 Å². The fraction of sp³-hybridized carbons (Fsp3) is 0.238. The summed E-state index contributed by atoms with van der Waals surface area (Å²) in [5.74, 6) is 1.05. The fourth-order valence-corrected chi connectivity index (χ4v) is 3.38. The van der Waals surface area contributed by atoms with E-state index < -0.39 is 12.1 Å². The number of rotatable bonds is 5. The second-order valence-electron chi connectivity index (χ2n) is 7.09. The summed E-state index contributed by atoms with van der Waals surface area (Å²) >= 11 is 0. The number of ether oxygens (including phenoxy) is 1. The monoisotopic (exact) mass is 407 g/mol. The summed E-state index contributed by atoms with van der Waals surface area (Å²) in [6, 6.07) is 7.09. The van der Waals surface area contributed by atoms with Gasteiger partial charge in [-0.1, -0.05) is 0 Å². The Bertz CT molecular complexity index is 1290. The molecular weight excluding hydrogens is 389 g/mol. The topological polar surface area (TPSA) is 102 Å². The molecule has 1 saturated carbocycles. The average molecular weight is 407 g/mol. The van der Waals surface area contributed by atoms with E-state index in [0.29, 0.717) is 39.9 Å². The predicted molar refractivity (Wildman–Crippen MR) is 110 cm³/mol. The molecular formula is C21H18FN5O3. The molecule has 1 fully saturated rings. The van der Waals surface area contributed by atoms with Gasteiger partial charge in [0, 0.05) is 36.3 Å². The van der Waals surface area contributed by atoms with Gasteiger partial charge in [0.15, 0.2) is 5.58 Å². The van der Waals surface area contributed by atoms with Crippen LogP contribution in [0.5, 0.6) is 5.75 Å². The molecule has 0 saturated heterocycles. The van der Waals surface area contributed by atoms with E-state index in [-0.39, 0.29) is 12.3 Å². The predicted octanol–water partition coefficient (Wildman–Crippen LogP) is 3.78. The number of pyridine rings is 2. The summed E-state index contributed by atoms with van der Waals surface area (Å²) in [6.07, 6.45) is 2.45. The third-order valence-corrected chi connectivity index (χ3v) is 5.13. The number of halogens is 1. The number of amides is 1. The molecule has 1 aliphatic carbocycles. The molecule has 1 aliphatic rings. The molecule has 4 aromatic rings. The third-order valence-electron chi connectivity index (χ3n) is 5.13. The number of benzene rings is 1. The van der Waals surface area contributed by atoms with Crippen LogP contribution in [-0.2, 0) is 4.79 Å². The summed E-state index contributed by atoms with van der Waals surface area (Å²) in [5.41, 5.74) is 1.91. The van der Waals surface area contributed by atoms with Crippen LogP contribution >= 0.6 is 0 Å². The molecule has 9 heteroatoms. The van der Waals surface area contributed by atoms with Crippen molar-refractivity contribution in [3.05, 3.63) is 36.7 Å². The minimum absolute atomic E-state index is 0.255. The first-order valence-corrected chi connectivity index (χ1v) is 9.44. The van der Waals surface area contributed by atoms with Crippen LogP contribution in [0.15, 0.2) is 41.1 Å². The van der Waals surface area contributed by atoms with E-state index in [0.717, 1.165) is 10.8 Å². The van der Waals surface area contributed by atoms with Crippen molar-refractivity contribution in [3.63, 3.8) is 0 Å². The highest BCUT2D eigenvalue weighted by atomic mass is 19.1. The number of alkyl halides is 1. The largest absolute Gasteiger partial charge is 0.497 e. The van der Waals surface area contributed by atoms with Crippen molar-refractivity contribution in [3.8, 4) is 17.2 Å². The van der Waals surface area contributed by atoms with Crippen LogP contribution in [0, 0.1) is 5.92 Å². The van der Waals surface area contributed by atoms with Gasteiger partial charge in [0.05, 0.1) is 18.6 Å². The lowest BCUT2D eigenvalue weighted by molar-refractivity contribution is -0.117. The van der Waals surface area contributed by atoms with Gasteiger partial charge in [0.1, 0.15) is 29.1 Å². The van der Waals surface area contributed by atoms with Gasteiger partial charge in [0.25, 0.3) is 0 Å². The molecule has 0 aliphatic heterocycles. The second-order valence-corrected chi connectivity index (χ2v) is 7.09. The number of carbonyl (C=O) groups excluding carboxylic acids is 1. The Balaban J connectivity index is 1.61. The molecule has 30 heavy (non-hydrogen) atoms. The van der Waals surface area contributed by atoms with Crippen LogP contribution in [0.3, 0.4) is 0 Å². The lowest BCUT2D eigenvalue weighted by Crippen LogP contribution is -2.15. The number of methoxy groups -OCH3 is 1. The molecule has 2 atom stereocenters. The van der Waals surface area contributed by atoms with E-state index >= 15 is 0 Å². The van der Waals surface area contributed by atoms with E-state index in [1.807, 2.05) is 0 Å². The molecule has 0 radical (unpaired) electrons. The number of nitrogens with zero attached hydrogens (tertiary/aromatic N) is 3. The molecule has 152 valence electrons. The Morgan fingerprint density at radius 3 is 2.80 bits per heavy atom. The molecule has 0 unspecified atom stereocenters. The number of hydrogen-bond acceptors (Lipinski definition) is 7. The minimum atomic E-state index is -1.07. The molecule has 2 N–H and O–H groups in total. The summed E-state index contributed by atoms with van der Waals surface area (Å²) in [7, 11) is 3.35. The van der Waals surface area contributed by atoms with Crippen LogP contribution in [-0.4, -0.2) is 41.2 Å². The Labute approximate surface area is 170 Å². The van der Waals surface area contributed by atoms with Crippen molar-refractivity contribution < 1.29 is 18.3 Å². The van der Waals surface area contributed by atoms with Crippen molar-refractivity contribution in [2.75, 3.05) is 24.8 Å². The number of carbonyl (C=O) groups is 1. The van der Waals surface area contributed by atoms with Crippen molar-refractivity contribution in [2.45, 2.75) is 12.6 Å². The number of oxazole rings is 1. The third kappa shape index (κ3) is 3.08. The zero-order valence-electron chi connectivity index (χ0n) is 16.3. The number of fused-ring (bicyclic) bond motifs is 2. The summed E-state index contributed by atoms with van der Waals surface area (Å²) in [6.45, 7) is 0. The molecule has 3 aromatic heterocycles. The number of hydrogen-bond donors (Lipinski definition) is 2. The van der Waals surface area contributed by atoms with Gasteiger partial charge in [0.2, 0.25) is 11.8 Å². The van der Waals surface area contributed by atoms with Crippen molar-refractivity contribution in [1.82, 2.24) is 15.0 Å². The first kappa shape index (κ1) is 18.3. The first-order chi connectivity index (χ1) is 14.6. The van der Waals surface area contributed by atoms with E-state index in [2.05, 4.69) is 25.6 Å². The van der Waals surface area contributed by atoms with Crippen molar-refractivity contribution in [2.24, 2.45) is 5.92 Å². The first-order valence-electron chi connectivity index (χ1n) is 9.44. The highest BCUT2D eigenvalue weighted by Crippen LogP contribution is 2.36. The maximum atomic E-state index is 13.2. The normalized spacial score (nSPS) is 17.8. The standard InChI is InChI=1S/C21H18FN5O3/c1-23-19-13-8-24-18(27-20(28)12-6-15(12)22)7-11(13)14(9-25-19)21-26-16-5-10(29-2)3-4-17(16)30-21/h3-5,7-9,12,15H,6H2,1-2H3,(H,23,25)(H,24,27,28)/t12-,15-/m0/s1. The Hall–Kier alpha value is -3.75. The molecule has 5 rings (SSSR count). The van der Waals surface area contributed by atoms with Crippen LogP contribution in [0.4, 0.5) is 16.0 Å². The van der Waals surface area contributed by atoms with E-state index in [9.17, 15) is 9.18 Å². The molecule has 1 aromatic carbocycles. The van der Waals surface area contributed by atoms with Gasteiger partial charge in [-0.05, 0) is 24.6 Å². The Morgan fingerprint density at radius 2 is 2.07 bits per heavy atom. The van der Waals surface area contributed by atoms with Crippen LogP contribution in [0.2, 0.25) is 0 Å². The maximum Gasteiger partial charge on any atom is 0.231 e. The minimum Gasteiger partial charge on any atom is -0.497 e. The smallest absolute Gasteiger partial charge is 0.231 e. The van der Waals surface area contributed by atoms with Gasteiger partial charge in [-0.3, -0.25) is 4.79 Å². The van der Waals surface area contributed by atoms with Gasteiger partial charge in [-0.15, -0.1) is 0 Å². The lowest BCUT2D eigenvalue weighted by atomic mass is 10.1. The van der Waals surface area contributed by atoms with Crippen LogP contribution in [0.1, 0.15) is 6.42 Å². The van der Waals surface area contributed by atoms with Gasteiger partial charge in [-0.2, -0.15) is 0 Å². The van der Waals surface area contributed by atoms with E-state index in [1.165, 1.54) is 0 Å². The summed E-state index contributed by atoms with van der Waals surface area (Å²) in [5, 5.41) is 7.19. The van der Waals surface area contributed by atoms with Crippen LogP contribution in [0.25, 0.3) is 33.3 Å². The summed E-state index contributed by atoms with van der Waals surface area (Å²) in [4.78, 5) is 25.4. The number of anilines is 2. The zero-order chi connectivity index (χ0) is 20.8. The molecule has 0 spiro atoms. The quantitative estimate of drug-likeness (QED) is 0.519. The zero-order valence-corrected chi connectivity index (χ0v) is 16.3. The van der Waals surface area contributed by atoms with E-state index in [1.54, 1.807) is 50.8 Å². The second kappa shape index (κ2) is 6.94. The average Bonchev–Trinajstić information content (AvgIpc) is 3.35. The molecule has 3 heterocycles. The summed E-state index contributed by atoms with van der Waals surface area (Å²) < 4.78 is 24.4. The highest BCUT2D eigenvalue weighted by molar-refractivity contribution is 6.03. The van der Waals surface area contributed by atoms with Crippen molar-refractivity contribution >= 4 is 39.4 Å². The number of aromatic nitrogens is 3. The van der Waals surface area contributed by atoms with Gasteiger partial charge in [-0.25, -0.2) is 19.3 Å².